The lowest BCUT2D eigenvalue weighted by Crippen LogP contribution is -2.40. The second kappa shape index (κ2) is 2.70. The second-order valence-electron chi connectivity index (χ2n) is 3.06. The molecule has 0 aromatic rings. The first-order chi connectivity index (χ1) is 5.04. The number of amides is 1. The summed E-state index contributed by atoms with van der Waals surface area (Å²) in [5.74, 6) is 0. The average Bonchev–Trinajstić information content (AvgIpc) is 2.07. The Morgan fingerprint density at radius 2 is 2.00 bits per heavy atom. The zero-order valence-electron chi connectivity index (χ0n) is 7.03. The molecule has 3 atom stereocenters. The molecule has 0 spiro atoms. The minimum Gasteiger partial charge on any atom is -0.465 e. The Morgan fingerprint density at radius 3 is 2.18 bits per heavy atom. The van der Waals surface area contributed by atoms with Crippen LogP contribution in [0.5, 0.6) is 0 Å². The first-order valence-corrected chi connectivity index (χ1v) is 3.81. The maximum absolute atomic E-state index is 10.7. The quantitative estimate of drug-likeness (QED) is 0.545. The summed E-state index contributed by atoms with van der Waals surface area (Å²) in [4.78, 5) is 12.1. The minimum atomic E-state index is -0.846. The van der Waals surface area contributed by atoms with E-state index in [1.165, 1.54) is 4.90 Å². The van der Waals surface area contributed by atoms with Crippen LogP contribution in [0.1, 0.15) is 20.8 Å². The van der Waals surface area contributed by atoms with E-state index in [0.29, 0.717) is 0 Å². The van der Waals surface area contributed by atoms with Crippen LogP contribution in [0.25, 0.3) is 0 Å². The van der Waals surface area contributed by atoms with Gasteiger partial charge in [0.25, 0.3) is 0 Å². The molecule has 1 rings (SSSR count). The molecular weight excluding hydrogens is 144 g/mol. The molecule has 11 heavy (non-hydrogen) atoms. The Labute approximate surface area is 66.2 Å². The van der Waals surface area contributed by atoms with Crippen molar-refractivity contribution in [2.45, 2.75) is 39.0 Å². The van der Waals surface area contributed by atoms with Gasteiger partial charge in [0.15, 0.2) is 0 Å². The van der Waals surface area contributed by atoms with Gasteiger partial charge < -0.3 is 5.11 Å². The lowest BCUT2D eigenvalue weighted by atomic mass is 10.2. The minimum absolute atomic E-state index is 0.0579. The summed E-state index contributed by atoms with van der Waals surface area (Å²) >= 11 is 0. The van der Waals surface area contributed by atoms with Crippen LogP contribution in [-0.2, 0) is 0 Å². The molecule has 64 valence electrons. The van der Waals surface area contributed by atoms with E-state index in [0.717, 1.165) is 0 Å². The molecule has 0 aromatic carbocycles. The molecule has 4 nitrogen and oxygen atoms in total. The van der Waals surface area contributed by atoms with Gasteiger partial charge in [-0.25, -0.2) is 4.79 Å². The van der Waals surface area contributed by atoms with Crippen LogP contribution in [0, 0.1) is 0 Å². The van der Waals surface area contributed by atoms with Crippen molar-refractivity contribution in [1.29, 1.82) is 0 Å². The maximum Gasteiger partial charge on any atom is 0.408 e. The zero-order chi connectivity index (χ0) is 8.59. The Morgan fingerprint density at radius 1 is 1.45 bits per heavy atom. The fourth-order valence-corrected chi connectivity index (χ4v) is 1.53. The van der Waals surface area contributed by atoms with Crippen LogP contribution >= 0.6 is 0 Å². The number of nitrogens with zero attached hydrogens (tertiary/aromatic N) is 1. The Hall–Kier alpha value is -0.770. The zero-order valence-corrected chi connectivity index (χ0v) is 7.03. The van der Waals surface area contributed by atoms with Crippen LogP contribution in [-0.4, -0.2) is 34.3 Å². The summed E-state index contributed by atoms with van der Waals surface area (Å²) in [6, 6.07) is 0.323. The third kappa shape index (κ3) is 1.30. The van der Waals surface area contributed by atoms with Gasteiger partial charge in [0, 0.05) is 12.1 Å². The SMILES string of the molecule is CC1NC(C)N(C(=O)O)C1C. The molecular formula is C7H14N2O2. The van der Waals surface area contributed by atoms with Crippen molar-refractivity contribution < 1.29 is 9.90 Å². The maximum atomic E-state index is 10.7. The van der Waals surface area contributed by atoms with E-state index in [2.05, 4.69) is 5.32 Å². The van der Waals surface area contributed by atoms with E-state index >= 15 is 0 Å². The van der Waals surface area contributed by atoms with Gasteiger partial charge in [-0.05, 0) is 20.8 Å². The highest BCUT2D eigenvalue weighted by atomic mass is 16.4. The Bertz CT molecular complexity index is 172. The first kappa shape index (κ1) is 8.33. The number of carboxylic acid groups (broad SMARTS) is 1. The standard InChI is InChI=1S/C7H14N2O2/c1-4-5(2)9(7(10)11)6(3)8-4/h4-6,8H,1-3H3,(H,10,11). The largest absolute Gasteiger partial charge is 0.465 e. The monoisotopic (exact) mass is 158 g/mol. The number of carbonyl (C=O) groups is 1. The van der Waals surface area contributed by atoms with Crippen LogP contribution in [0.3, 0.4) is 0 Å². The lowest BCUT2D eigenvalue weighted by Gasteiger charge is -2.21. The van der Waals surface area contributed by atoms with E-state index in [-0.39, 0.29) is 18.2 Å². The molecule has 1 aliphatic heterocycles. The second-order valence-corrected chi connectivity index (χ2v) is 3.06. The normalized spacial score (nSPS) is 37.7. The highest BCUT2D eigenvalue weighted by Crippen LogP contribution is 2.15. The number of rotatable bonds is 0. The molecule has 1 aliphatic rings. The summed E-state index contributed by atoms with van der Waals surface area (Å²) in [6.45, 7) is 5.76. The van der Waals surface area contributed by atoms with Crippen molar-refractivity contribution in [3.05, 3.63) is 0 Å². The number of hydrogen-bond donors (Lipinski definition) is 2. The average molecular weight is 158 g/mol. The molecule has 0 aromatic heterocycles. The van der Waals surface area contributed by atoms with Crippen molar-refractivity contribution in [3.8, 4) is 0 Å². The van der Waals surface area contributed by atoms with Gasteiger partial charge >= 0.3 is 6.09 Å². The van der Waals surface area contributed by atoms with Crippen molar-refractivity contribution in [3.63, 3.8) is 0 Å². The molecule has 2 N–H and O–H groups in total. The van der Waals surface area contributed by atoms with Gasteiger partial charge in [0.05, 0.1) is 6.17 Å². The molecule has 0 bridgehead atoms. The molecule has 1 saturated heterocycles. The summed E-state index contributed by atoms with van der Waals surface area (Å²) in [6.07, 6.45) is -0.903. The molecule has 0 radical (unpaired) electrons. The van der Waals surface area contributed by atoms with E-state index in [9.17, 15) is 4.79 Å². The van der Waals surface area contributed by atoms with Crippen molar-refractivity contribution in [2.75, 3.05) is 0 Å². The van der Waals surface area contributed by atoms with Crippen LogP contribution in [0.2, 0.25) is 0 Å². The van der Waals surface area contributed by atoms with E-state index in [4.69, 9.17) is 5.11 Å². The van der Waals surface area contributed by atoms with Crippen molar-refractivity contribution >= 4 is 6.09 Å². The van der Waals surface area contributed by atoms with Gasteiger partial charge in [-0.3, -0.25) is 10.2 Å². The summed E-state index contributed by atoms with van der Waals surface area (Å²) < 4.78 is 0. The van der Waals surface area contributed by atoms with Gasteiger partial charge in [0.2, 0.25) is 0 Å². The predicted molar refractivity (Wildman–Crippen MR) is 41.4 cm³/mol. The molecule has 1 heterocycles. The molecule has 0 aliphatic carbocycles. The van der Waals surface area contributed by atoms with Gasteiger partial charge in [-0.1, -0.05) is 0 Å². The topological polar surface area (TPSA) is 52.6 Å². The summed E-state index contributed by atoms with van der Waals surface area (Å²) in [7, 11) is 0. The highest BCUT2D eigenvalue weighted by Gasteiger charge is 2.35. The Kier molecular flexibility index (Phi) is 2.04. The fourth-order valence-electron chi connectivity index (χ4n) is 1.53. The summed E-state index contributed by atoms with van der Waals surface area (Å²) in [5, 5.41) is 11.9. The third-order valence-corrected chi connectivity index (χ3v) is 2.30. The Balaban J connectivity index is 2.71. The molecule has 0 saturated carbocycles. The smallest absolute Gasteiger partial charge is 0.408 e. The van der Waals surface area contributed by atoms with Crippen molar-refractivity contribution in [1.82, 2.24) is 10.2 Å². The van der Waals surface area contributed by atoms with E-state index in [1.54, 1.807) is 0 Å². The molecule has 3 unspecified atom stereocenters. The van der Waals surface area contributed by atoms with E-state index in [1.807, 2.05) is 20.8 Å². The summed E-state index contributed by atoms with van der Waals surface area (Å²) in [5.41, 5.74) is 0. The van der Waals surface area contributed by atoms with Crippen LogP contribution in [0.4, 0.5) is 4.79 Å². The van der Waals surface area contributed by atoms with Crippen molar-refractivity contribution in [2.24, 2.45) is 0 Å². The lowest BCUT2D eigenvalue weighted by molar-refractivity contribution is 0.126. The first-order valence-electron chi connectivity index (χ1n) is 3.81. The highest BCUT2D eigenvalue weighted by molar-refractivity contribution is 5.66. The van der Waals surface area contributed by atoms with Crippen LogP contribution in [0.15, 0.2) is 0 Å². The van der Waals surface area contributed by atoms with Crippen LogP contribution < -0.4 is 5.32 Å². The number of hydrogen-bond acceptors (Lipinski definition) is 2. The third-order valence-electron chi connectivity index (χ3n) is 2.30. The fraction of sp³-hybridized carbons (Fsp3) is 0.857. The molecule has 1 amide bonds. The van der Waals surface area contributed by atoms with Gasteiger partial charge in [0.1, 0.15) is 0 Å². The van der Waals surface area contributed by atoms with Gasteiger partial charge in [-0.2, -0.15) is 0 Å². The molecule has 4 heteroatoms. The molecule has 1 fully saturated rings. The predicted octanol–water partition coefficient (Wildman–Crippen LogP) is 0.693. The van der Waals surface area contributed by atoms with Gasteiger partial charge in [-0.15, -0.1) is 0 Å². The van der Waals surface area contributed by atoms with E-state index < -0.39 is 6.09 Å². The number of nitrogens with one attached hydrogen (secondary N) is 1.